The maximum absolute atomic E-state index is 14.6. The highest BCUT2D eigenvalue weighted by atomic mass is 16.8. The number of azide groups is 1. The Hall–Kier alpha value is -8.34. The first-order chi connectivity index (χ1) is 46.3. The van der Waals surface area contributed by atoms with Crippen molar-refractivity contribution < 1.29 is 104 Å². The van der Waals surface area contributed by atoms with Crippen LogP contribution in [-0.4, -0.2) is 173 Å². The van der Waals surface area contributed by atoms with Crippen LogP contribution in [0.2, 0.25) is 0 Å². The van der Waals surface area contributed by atoms with Crippen molar-refractivity contribution in [1.82, 2.24) is 5.32 Å². The number of rotatable bonds is 28. The summed E-state index contributed by atoms with van der Waals surface area (Å²) in [6.45, 7) is 8.50. The summed E-state index contributed by atoms with van der Waals surface area (Å²) in [5.74, 6) is -2.61. The molecule has 5 saturated heterocycles. The van der Waals surface area contributed by atoms with Gasteiger partial charge in [0.05, 0.1) is 64.5 Å². The van der Waals surface area contributed by atoms with E-state index in [4.69, 9.17) is 80.5 Å². The number of hydrogen-bond acceptors (Lipinski definition) is 23. The number of benzene rings is 5. The molecular weight excluding hydrogens is 1240 g/mol. The minimum absolute atomic E-state index is 0.0428. The smallest absolute Gasteiger partial charge is 0.467 e. The van der Waals surface area contributed by atoms with Gasteiger partial charge < -0.3 is 85.8 Å². The van der Waals surface area contributed by atoms with Gasteiger partial charge in [0.25, 0.3) is 0 Å². The van der Waals surface area contributed by atoms with Crippen LogP contribution < -0.4 is 5.32 Å². The lowest BCUT2D eigenvalue weighted by atomic mass is 9.92. The first kappa shape index (κ1) is 69.5. The molecule has 95 heavy (non-hydrogen) atoms. The molecule has 5 aromatic carbocycles. The molecule has 1 N–H and O–H groups in total. The Morgan fingerprint density at radius 1 is 0.547 bits per heavy atom. The number of amides is 1. The SMILES string of the molecule is C=CCOC(=O)OC1[C@H](O[C@@H]2C(CC)O[C@@H](O[C@H]3C(C(=O)OC)O[C@H](C)C(OC(=O)c4ccccc4)[C@H]3OCc3ccccc3)C3NC(=O)O[C@H]32)OC(C(=O)OC)[C@@H](O[C@H]2OC(CC)[C@@H](OCc3ccccc3)[C@@H](OCc3ccccc3)C2N=[N+]=[N-])[C@H]1OCc1ccccc1. The molecule has 506 valence electrons. The van der Waals surface area contributed by atoms with Crippen molar-refractivity contribution in [3.63, 3.8) is 0 Å². The highest BCUT2D eigenvalue weighted by molar-refractivity contribution is 5.89. The monoisotopic (exact) mass is 1310 g/mol. The number of esters is 3. The molecule has 5 aliphatic heterocycles. The van der Waals surface area contributed by atoms with E-state index in [2.05, 4.69) is 21.9 Å². The molecule has 5 fully saturated rings. The first-order valence-electron chi connectivity index (χ1n) is 31.4. The van der Waals surface area contributed by atoms with Gasteiger partial charge >= 0.3 is 30.2 Å². The lowest BCUT2D eigenvalue weighted by Crippen LogP contribution is -2.68. The Bertz CT molecular complexity index is 3340. The van der Waals surface area contributed by atoms with Crippen molar-refractivity contribution in [2.45, 2.75) is 183 Å². The first-order valence-corrected chi connectivity index (χ1v) is 31.4. The van der Waals surface area contributed by atoms with E-state index >= 15 is 0 Å². The number of hydrogen-bond donors (Lipinski definition) is 1. The fourth-order valence-electron chi connectivity index (χ4n) is 12.1. The number of fused-ring (bicyclic) bond motifs is 1. The molecule has 1 amide bonds. The van der Waals surface area contributed by atoms with Gasteiger partial charge in [-0.3, -0.25) is 0 Å². The van der Waals surface area contributed by atoms with Crippen molar-refractivity contribution in [1.29, 1.82) is 0 Å². The molecule has 26 nitrogen and oxygen atoms in total. The summed E-state index contributed by atoms with van der Waals surface area (Å²) in [7, 11) is 2.29. The van der Waals surface area contributed by atoms with E-state index in [1.54, 1.807) is 74.5 Å². The number of alkyl carbamates (subject to hydrolysis) is 1. The third-order valence-electron chi connectivity index (χ3n) is 16.7. The van der Waals surface area contributed by atoms with Crippen LogP contribution in [0.5, 0.6) is 0 Å². The van der Waals surface area contributed by atoms with Crippen LogP contribution in [-0.2, 0) is 117 Å². The van der Waals surface area contributed by atoms with E-state index in [1.807, 2.05) is 97.9 Å². The van der Waals surface area contributed by atoms with Gasteiger partial charge in [0.1, 0.15) is 61.4 Å². The molecule has 5 heterocycles. The molecule has 0 radical (unpaired) electrons. The van der Waals surface area contributed by atoms with E-state index in [0.29, 0.717) is 12.0 Å². The lowest BCUT2D eigenvalue weighted by molar-refractivity contribution is -0.368. The molecule has 0 spiro atoms. The minimum atomic E-state index is -1.87. The van der Waals surface area contributed by atoms with Crippen LogP contribution in [0.25, 0.3) is 10.4 Å². The summed E-state index contributed by atoms with van der Waals surface area (Å²) in [6.07, 6.45) is -25.4. The second-order valence-electron chi connectivity index (χ2n) is 22.9. The molecule has 0 aliphatic carbocycles. The molecule has 5 aromatic rings. The van der Waals surface area contributed by atoms with Crippen molar-refractivity contribution in [3.8, 4) is 0 Å². The number of nitrogens with zero attached hydrogens (tertiary/aromatic N) is 3. The third-order valence-corrected chi connectivity index (χ3v) is 16.7. The van der Waals surface area contributed by atoms with E-state index in [1.165, 1.54) is 13.2 Å². The van der Waals surface area contributed by atoms with Gasteiger partial charge in [-0.05, 0) is 59.7 Å². The van der Waals surface area contributed by atoms with Gasteiger partial charge in [-0.15, -0.1) is 0 Å². The average molecular weight is 1320 g/mol. The Kier molecular flexibility index (Phi) is 24.8. The molecule has 0 saturated carbocycles. The van der Waals surface area contributed by atoms with Gasteiger partial charge in [-0.1, -0.05) is 171 Å². The topological polar surface area (TPSA) is 303 Å². The average Bonchev–Trinajstić information content (AvgIpc) is 1.75. The van der Waals surface area contributed by atoms with Crippen molar-refractivity contribution in [2.75, 3.05) is 20.8 Å². The number of carbonyl (C=O) groups is 5. The van der Waals surface area contributed by atoms with Crippen LogP contribution in [0.1, 0.15) is 66.2 Å². The molecule has 8 unspecified atom stereocenters. The summed E-state index contributed by atoms with van der Waals surface area (Å²) in [6, 6.07) is 42.5. The van der Waals surface area contributed by atoms with E-state index in [9.17, 15) is 29.5 Å². The van der Waals surface area contributed by atoms with Crippen LogP contribution >= 0.6 is 0 Å². The summed E-state index contributed by atoms with van der Waals surface area (Å²) >= 11 is 0. The van der Waals surface area contributed by atoms with Crippen LogP contribution in [0.15, 0.2) is 169 Å². The van der Waals surface area contributed by atoms with Gasteiger partial charge in [-0.2, -0.15) is 0 Å². The molecule has 26 heteroatoms. The number of carbonyl (C=O) groups excluding carboxylic acids is 5. The van der Waals surface area contributed by atoms with Crippen LogP contribution in [0.4, 0.5) is 9.59 Å². The highest BCUT2D eigenvalue weighted by Crippen LogP contribution is 2.41. The number of methoxy groups -OCH3 is 2. The summed E-state index contributed by atoms with van der Waals surface area (Å²) in [5, 5.41) is 6.99. The van der Waals surface area contributed by atoms with Gasteiger partial charge in [-0.25, -0.2) is 24.0 Å². The van der Waals surface area contributed by atoms with Crippen molar-refractivity contribution in [3.05, 3.63) is 203 Å². The summed E-state index contributed by atoms with van der Waals surface area (Å²) < 4.78 is 109. The molecule has 20 atom stereocenters. The van der Waals surface area contributed by atoms with E-state index in [0.717, 1.165) is 23.8 Å². The predicted molar refractivity (Wildman–Crippen MR) is 332 cm³/mol. The normalized spacial score (nSPS) is 31.0. The largest absolute Gasteiger partial charge is 0.509 e. The van der Waals surface area contributed by atoms with Gasteiger partial charge in [0.2, 0.25) is 0 Å². The molecule has 10 rings (SSSR count). The second-order valence-corrected chi connectivity index (χ2v) is 22.9. The molecule has 5 aliphatic rings. The fraction of sp³-hybridized carbons (Fsp3) is 0.464. The quantitative estimate of drug-likeness (QED) is 0.0122. The Labute approximate surface area is 549 Å². The van der Waals surface area contributed by atoms with Gasteiger partial charge in [0, 0.05) is 4.91 Å². The summed E-state index contributed by atoms with van der Waals surface area (Å²) in [5.41, 5.74) is 13.6. The van der Waals surface area contributed by atoms with E-state index < -0.39 is 153 Å². The fourth-order valence-corrected chi connectivity index (χ4v) is 12.1. The third kappa shape index (κ3) is 17.2. The Morgan fingerprint density at radius 3 is 1.51 bits per heavy atom. The number of nitrogens with one attached hydrogen (secondary N) is 1. The van der Waals surface area contributed by atoms with Crippen molar-refractivity contribution in [2.24, 2.45) is 5.11 Å². The van der Waals surface area contributed by atoms with Crippen LogP contribution in [0, 0.1) is 0 Å². The highest BCUT2D eigenvalue weighted by Gasteiger charge is 2.62. The molecule has 0 bridgehead atoms. The maximum Gasteiger partial charge on any atom is 0.509 e. The summed E-state index contributed by atoms with van der Waals surface area (Å²) in [4.78, 5) is 73.5. The zero-order chi connectivity index (χ0) is 66.8. The predicted octanol–water partition coefficient (Wildman–Crippen LogP) is 8.70. The second kappa shape index (κ2) is 33.9. The minimum Gasteiger partial charge on any atom is -0.467 e. The maximum atomic E-state index is 14.6. The van der Waals surface area contributed by atoms with E-state index in [-0.39, 0.29) is 45.0 Å². The van der Waals surface area contributed by atoms with Gasteiger partial charge in [0.15, 0.2) is 49.4 Å². The number of ether oxygens (including phenoxy) is 17. The Morgan fingerprint density at radius 2 is 1.00 bits per heavy atom. The van der Waals surface area contributed by atoms with Crippen LogP contribution in [0.3, 0.4) is 0 Å². The zero-order valence-corrected chi connectivity index (χ0v) is 53.0. The van der Waals surface area contributed by atoms with Crippen molar-refractivity contribution >= 4 is 30.2 Å². The lowest BCUT2D eigenvalue weighted by Gasteiger charge is -2.50. The standard InChI is InChI=1S/C69H78N4O22/c1-7-35-81-69(78)95-61-56(85-39-44-31-21-13-22-32-44)58(92-66-49(72-73-70)53(83-37-42-27-17-11-18-28-42)51(46(8-2)87-66)82-36-41-25-15-10-16-26-41)60(64(76)80-6)93-67(61)90-52-47(9-3)88-65(48-54(52)94-68(77)71-48)91-57-55(84-38-43-29-19-12-20-30-43)50(40(4)86-59(57)63(75)79-5)89-62(74)45-33-23-14-24-34-45/h7,10-34,40,46-61,65-67H,1,8-9,35-39H2,2-6H3,(H,71,77)/t40-,46?,47?,48?,49?,50?,51-,52-,53+,54-,55-,56-,57-,58+,59?,60?,61?,65+,66-,67-/m1/s1. The molecular formula is C69H78N4O22. The molecule has 0 aromatic heterocycles. The zero-order valence-electron chi connectivity index (χ0n) is 53.0. The Balaban J connectivity index is 0.998.